The van der Waals surface area contributed by atoms with E-state index in [1.807, 2.05) is 0 Å². The zero-order valence-corrected chi connectivity index (χ0v) is 11.8. The van der Waals surface area contributed by atoms with E-state index in [0.29, 0.717) is 21.5 Å². The predicted octanol–water partition coefficient (Wildman–Crippen LogP) is 1.24. The van der Waals surface area contributed by atoms with Crippen LogP contribution in [0.25, 0.3) is 0 Å². The molecule has 0 aliphatic heterocycles. The molecule has 0 saturated heterocycles. The van der Waals surface area contributed by atoms with Crippen molar-refractivity contribution in [1.82, 2.24) is 10.3 Å². The van der Waals surface area contributed by atoms with Crippen molar-refractivity contribution in [2.45, 2.75) is 6.54 Å². The number of amidine groups is 1. The molecule has 0 spiro atoms. The van der Waals surface area contributed by atoms with Crippen LogP contribution < -0.4 is 11.1 Å². The summed E-state index contributed by atoms with van der Waals surface area (Å²) in [6.45, 7) is -0.348. The fourth-order valence-corrected chi connectivity index (χ4v) is 1.85. The van der Waals surface area contributed by atoms with Crippen LogP contribution in [0.3, 0.4) is 0 Å². The Labute approximate surface area is 121 Å². The highest BCUT2D eigenvalue weighted by molar-refractivity contribution is 9.10. The van der Waals surface area contributed by atoms with Gasteiger partial charge >= 0.3 is 0 Å². The van der Waals surface area contributed by atoms with Gasteiger partial charge in [-0.2, -0.15) is 0 Å². The molecule has 106 valence electrons. The van der Waals surface area contributed by atoms with Crippen molar-refractivity contribution in [1.29, 1.82) is 0 Å². The van der Waals surface area contributed by atoms with Gasteiger partial charge < -0.3 is 16.2 Å². The van der Waals surface area contributed by atoms with Gasteiger partial charge in [-0.25, -0.2) is 14.0 Å². The number of aliphatic hydroxyl groups is 1. The van der Waals surface area contributed by atoms with Crippen LogP contribution in [0.5, 0.6) is 0 Å². The van der Waals surface area contributed by atoms with Gasteiger partial charge in [-0.05, 0) is 39.3 Å². The van der Waals surface area contributed by atoms with Crippen molar-refractivity contribution in [2.75, 3.05) is 12.0 Å². The van der Waals surface area contributed by atoms with Crippen molar-refractivity contribution < 1.29 is 14.1 Å². The zero-order valence-electron chi connectivity index (χ0n) is 10.2. The third kappa shape index (κ3) is 3.18. The number of nitrogens with zero attached hydrogens (tertiary/aromatic N) is 3. The summed E-state index contributed by atoms with van der Waals surface area (Å²) in [5.41, 5.74) is 6.74. The third-order valence-electron chi connectivity index (χ3n) is 2.39. The van der Waals surface area contributed by atoms with E-state index in [1.54, 1.807) is 0 Å². The fourth-order valence-electron chi connectivity index (χ4n) is 1.48. The van der Waals surface area contributed by atoms with Crippen molar-refractivity contribution in [2.24, 2.45) is 10.7 Å². The molecule has 2 rings (SSSR count). The lowest BCUT2D eigenvalue weighted by molar-refractivity contribution is 0.301. The van der Waals surface area contributed by atoms with E-state index in [2.05, 4.69) is 41.2 Å². The maximum atomic E-state index is 13.2. The number of nitrogens with one attached hydrogen (secondary N) is 1. The molecule has 0 aliphatic carbocycles. The number of aliphatic imine (C=N–C) groups is 1. The van der Waals surface area contributed by atoms with Gasteiger partial charge in [-0.1, -0.05) is 5.16 Å². The Hall–Kier alpha value is -1.84. The monoisotopic (exact) mass is 343 g/mol. The number of rotatable bonds is 4. The largest absolute Gasteiger partial charge is 0.374 e. The van der Waals surface area contributed by atoms with Gasteiger partial charge in [0.2, 0.25) is 0 Å². The van der Waals surface area contributed by atoms with Crippen LogP contribution >= 0.6 is 15.9 Å². The lowest BCUT2D eigenvalue weighted by Crippen LogP contribution is -2.18. The molecule has 0 bridgehead atoms. The molecule has 7 nitrogen and oxygen atoms in total. The number of aromatic nitrogens is 2. The number of aliphatic hydroxyl groups excluding tert-OH is 1. The minimum Gasteiger partial charge on any atom is -0.374 e. The normalized spacial score (nSPS) is 11.7. The Morgan fingerprint density at radius 1 is 1.50 bits per heavy atom. The maximum absolute atomic E-state index is 13.2. The lowest BCUT2D eigenvalue weighted by atomic mass is 10.2. The SMILES string of the molecule is NCc1nonc1C(=NCO)Nc1ccc(F)c(Br)c1. The Kier molecular flexibility index (Phi) is 4.77. The summed E-state index contributed by atoms with van der Waals surface area (Å²) in [5, 5.41) is 19.2. The van der Waals surface area contributed by atoms with Crippen LogP contribution in [0.1, 0.15) is 11.4 Å². The second-order valence-electron chi connectivity index (χ2n) is 3.67. The highest BCUT2D eigenvalue weighted by Gasteiger charge is 2.15. The van der Waals surface area contributed by atoms with Crippen LogP contribution in [-0.4, -0.2) is 28.0 Å². The third-order valence-corrected chi connectivity index (χ3v) is 2.99. The molecule has 2 aromatic rings. The summed E-state index contributed by atoms with van der Waals surface area (Å²) in [4.78, 5) is 3.86. The number of hydrogen-bond acceptors (Lipinski definition) is 6. The summed E-state index contributed by atoms with van der Waals surface area (Å²) < 4.78 is 18.1. The predicted molar refractivity (Wildman–Crippen MR) is 73.5 cm³/mol. The van der Waals surface area contributed by atoms with Crippen molar-refractivity contribution in [3.8, 4) is 0 Å². The van der Waals surface area contributed by atoms with Crippen molar-refractivity contribution in [3.05, 3.63) is 39.9 Å². The Bertz CT molecular complexity index is 631. The molecule has 0 amide bonds. The molecule has 1 aromatic heterocycles. The summed E-state index contributed by atoms with van der Waals surface area (Å²) in [5.74, 6) is -0.158. The van der Waals surface area contributed by atoms with Crippen LogP contribution in [0, 0.1) is 5.82 Å². The average molecular weight is 344 g/mol. The molecule has 0 fully saturated rings. The van der Waals surface area contributed by atoms with E-state index in [0.717, 1.165) is 0 Å². The standard InChI is InChI=1S/C11H11BrFN5O2/c12-7-3-6(1-2-8(7)13)16-11(15-5-19)10-9(4-14)17-20-18-10/h1-3,19H,4-5,14H2,(H,15,16). The number of nitrogens with two attached hydrogens (primary N) is 1. The van der Waals surface area contributed by atoms with E-state index >= 15 is 0 Å². The molecule has 20 heavy (non-hydrogen) atoms. The summed E-state index contributed by atoms with van der Waals surface area (Å²) in [6, 6.07) is 4.33. The zero-order chi connectivity index (χ0) is 14.5. The van der Waals surface area contributed by atoms with Crippen LogP contribution in [0.15, 0.2) is 32.3 Å². The maximum Gasteiger partial charge on any atom is 0.174 e. The van der Waals surface area contributed by atoms with E-state index in [1.165, 1.54) is 18.2 Å². The quantitative estimate of drug-likeness (QED) is 0.569. The lowest BCUT2D eigenvalue weighted by Gasteiger charge is -2.08. The van der Waals surface area contributed by atoms with Gasteiger partial charge in [-0.15, -0.1) is 0 Å². The van der Waals surface area contributed by atoms with E-state index in [9.17, 15) is 4.39 Å². The molecule has 0 unspecified atom stereocenters. The highest BCUT2D eigenvalue weighted by atomic mass is 79.9. The van der Waals surface area contributed by atoms with Gasteiger partial charge in [0.05, 0.1) is 4.47 Å². The summed E-state index contributed by atoms with van der Waals surface area (Å²) in [7, 11) is 0. The molecule has 0 atom stereocenters. The molecule has 1 heterocycles. The number of halogens is 2. The number of anilines is 1. The Morgan fingerprint density at radius 3 is 2.95 bits per heavy atom. The average Bonchev–Trinajstić information content (AvgIpc) is 2.90. The van der Waals surface area contributed by atoms with Gasteiger partial charge in [0.25, 0.3) is 0 Å². The van der Waals surface area contributed by atoms with Gasteiger partial charge in [-0.3, -0.25) is 0 Å². The van der Waals surface area contributed by atoms with E-state index in [-0.39, 0.29) is 18.2 Å². The Morgan fingerprint density at radius 2 is 2.30 bits per heavy atom. The smallest absolute Gasteiger partial charge is 0.174 e. The number of hydrogen-bond donors (Lipinski definition) is 3. The fraction of sp³-hybridized carbons (Fsp3) is 0.182. The van der Waals surface area contributed by atoms with Gasteiger partial charge in [0.15, 0.2) is 11.5 Å². The Balaban J connectivity index is 2.31. The van der Waals surface area contributed by atoms with Crippen molar-refractivity contribution in [3.63, 3.8) is 0 Å². The van der Waals surface area contributed by atoms with E-state index < -0.39 is 6.73 Å². The molecular weight excluding hydrogens is 333 g/mol. The summed E-state index contributed by atoms with van der Waals surface area (Å²) >= 11 is 3.08. The molecule has 0 saturated carbocycles. The number of benzene rings is 1. The van der Waals surface area contributed by atoms with Crippen LogP contribution in [0.4, 0.5) is 10.1 Å². The minimum atomic E-state index is -0.457. The van der Waals surface area contributed by atoms with Crippen molar-refractivity contribution >= 4 is 27.5 Å². The second kappa shape index (κ2) is 6.55. The van der Waals surface area contributed by atoms with Crippen LogP contribution in [0.2, 0.25) is 0 Å². The van der Waals surface area contributed by atoms with Gasteiger partial charge in [0.1, 0.15) is 18.2 Å². The first-order valence-corrected chi connectivity index (χ1v) is 6.34. The van der Waals surface area contributed by atoms with Gasteiger partial charge in [0, 0.05) is 12.2 Å². The summed E-state index contributed by atoms with van der Waals surface area (Å²) in [6.07, 6.45) is 0. The first-order chi connectivity index (χ1) is 9.65. The molecular formula is C11H11BrFN5O2. The second-order valence-corrected chi connectivity index (χ2v) is 4.52. The molecule has 0 aliphatic rings. The highest BCUT2D eigenvalue weighted by Crippen LogP contribution is 2.20. The molecule has 4 N–H and O–H groups in total. The molecule has 1 aromatic carbocycles. The minimum absolute atomic E-state index is 0.109. The first kappa shape index (κ1) is 14.6. The van der Waals surface area contributed by atoms with Crippen LogP contribution in [-0.2, 0) is 6.54 Å². The first-order valence-electron chi connectivity index (χ1n) is 5.55. The molecule has 9 heteroatoms. The molecule has 0 radical (unpaired) electrons. The topological polar surface area (TPSA) is 110 Å². The van der Waals surface area contributed by atoms with E-state index in [4.69, 9.17) is 10.8 Å².